The number of carbonyl (C=O) groups is 3. The van der Waals surface area contributed by atoms with Crippen LogP contribution in [-0.2, 0) is 55.8 Å². The molecule has 0 aromatic rings. The minimum absolute atomic E-state index is 0.0818. The number of aliphatic hydroxyl groups is 2. The molecule has 0 heterocycles. The van der Waals surface area contributed by atoms with Crippen molar-refractivity contribution in [1.82, 2.24) is 0 Å². The largest absolute Gasteiger partial charge is 0.472 e. The van der Waals surface area contributed by atoms with E-state index in [1.165, 1.54) is 225 Å². The minimum Gasteiger partial charge on any atom is -0.463 e. The van der Waals surface area contributed by atoms with E-state index in [-0.39, 0.29) is 19.3 Å². The summed E-state index contributed by atoms with van der Waals surface area (Å²) in [7, 11) is -9.82. The number of ether oxygens (including phenoxy) is 3. The molecule has 0 bridgehead atoms. The van der Waals surface area contributed by atoms with Gasteiger partial charge in [0.25, 0.3) is 0 Å². The molecule has 0 aromatic carbocycles. The number of hydrogen-bond acceptors (Lipinski definition) is 14. The molecule has 0 aliphatic heterocycles. The van der Waals surface area contributed by atoms with Gasteiger partial charge in [-0.1, -0.05) is 391 Å². The van der Waals surface area contributed by atoms with E-state index < -0.39 is 91.5 Å². The number of unbranched alkanes of at least 4 members (excludes halogenated alkanes) is 44. The van der Waals surface area contributed by atoms with Gasteiger partial charge in [-0.2, -0.15) is 0 Å². The van der Waals surface area contributed by atoms with Crippen LogP contribution in [0.3, 0.4) is 0 Å². The van der Waals surface area contributed by atoms with Crippen LogP contribution in [0.5, 0.6) is 0 Å². The van der Waals surface area contributed by atoms with Crippen LogP contribution in [0.2, 0.25) is 0 Å². The molecule has 119 heavy (non-hydrogen) atoms. The molecule has 0 saturated carbocycles. The second-order valence-corrected chi connectivity index (χ2v) is 35.1. The Morgan fingerprint density at radius 1 is 0.235 bits per heavy atom. The molecule has 18 heteroatoms. The van der Waals surface area contributed by atoms with E-state index in [9.17, 15) is 43.5 Å². The highest BCUT2D eigenvalue weighted by molar-refractivity contribution is 7.47. The molecule has 0 aliphatic carbocycles. The smallest absolute Gasteiger partial charge is 0.463 e. The average Bonchev–Trinajstić information content (AvgIpc) is 0.905. The molecule has 0 amide bonds. The fourth-order valence-corrected chi connectivity index (χ4v) is 14.8. The highest BCUT2D eigenvalue weighted by Crippen LogP contribution is 2.45. The van der Waals surface area contributed by atoms with Gasteiger partial charge in [-0.25, -0.2) is 9.13 Å². The molecular weight excluding hydrogens is 1530 g/mol. The van der Waals surface area contributed by atoms with Crippen molar-refractivity contribution in [3.8, 4) is 0 Å². The van der Waals surface area contributed by atoms with Gasteiger partial charge in [0.05, 0.1) is 26.4 Å². The van der Waals surface area contributed by atoms with Gasteiger partial charge in [-0.05, 0) is 154 Å². The molecule has 0 radical (unpaired) electrons. The van der Waals surface area contributed by atoms with Crippen molar-refractivity contribution in [2.75, 3.05) is 39.6 Å². The van der Waals surface area contributed by atoms with E-state index in [1.807, 2.05) is 0 Å². The van der Waals surface area contributed by atoms with Gasteiger partial charge in [0, 0.05) is 19.3 Å². The molecule has 5 atom stereocenters. The Hall–Kier alpha value is -4.57. The van der Waals surface area contributed by atoms with Crippen molar-refractivity contribution < 1.29 is 75.8 Å². The van der Waals surface area contributed by atoms with Crippen LogP contribution < -0.4 is 0 Å². The highest BCUT2D eigenvalue weighted by Gasteiger charge is 2.30. The SMILES string of the molecule is CCCCC/C=C\C/C=C\C/C=C\C/C=C\CCCCCCCCCCCCCCCCCC(=O)OCC(O)COP(=O)(O)OCC(O)COP(=O)(O)OCC(COC(=O)CCCCCCCCCCCCCCCCC/C=C\C/C=C\C/C=C\C/C=C\CCCCC)OC(=O)CCCCCCC/C=C\C/C=C\C/C=C\C/C=C\CCCCC. The van der Waals surface area contributed by atoms with Crippen LogP contribution in [0.4, 0.5) is 0 Å². The maximum Gasteiger partial charge on any atom is 0.472 e. The molecule has 0 saturated heterocycles. The van der Waals surface area contributed by atoms with Crippen molar-refractivity contribution >= 4 is 33.6 Å². The van der Waals surface area contributed by atoms with Crippen LogP contribution in [0.25, 0.3) is 0 Å². The summed E-state index contributed by atoms with van der Waals surface area (Å²) in [6, 6.07) is 0. The standard InChI is InChI=1S/C101H176O16P2/c1-4-7-10-13-16-19-22-25-28-31-34-37-39-41-43-45-47-49-51-53-55-58-60-63-66-69-72-75-78-81-84-87-99(104)111-90-96(102)91-113-118(107,108)114-92-97(103)93-115-119(109,110)116-95-98(117-101(106)89-86-83-80-77-74-71-68-65-62-57-36-33-30-27-24-21-18-15-12-9-6-3)94-112-100(105)88-85-82-79-76-73-70-67-64-61-59-56-54-52-50-48-46-44-42-40-38-35-32-29-26-23-20-17-14-11-8-5-2/h16-21,25-30,34-38,41-44,57,65,68,96-98,102-103H,4-15,22-24,31-33,39-40,45-56,58-64,66-67,69-95H2,1-3H3,(H,107,108)(H,109,110)/b19-16-,20-17-,21-18-,28-25-,29-26-,30-27-,37-34-,38-35-,43-41-,44-42-,57-36-,68-65-. The van der Waals surface area contributed by atoms with Crippen molar-refractivity contribution in [1.29, 1.82) is 0 Å². The fraction of sp³-hybridized carbons (Fsp3) is 0.733. The van der Waals surface area contributed by atoms with Gasteiger partial charge in [-0.15, -0.1) is 0 Å². The summed E-state index contributed by atoms with van der Waals surface area (Å²) in [5, 5.41) is 20.8. The van der Waals surface area contributed by atoms with Crippen LogP contribution in [0, 0.1) is 0 Å². The molecule has 4 N–H and O–H groups in total. The Kier molecular flexibility index (Phi) is 89.1. The molecule has 0 rings (SSSR count). The summed E-state index contributed by atoms with van der Waals surface area (Å²) in [5.74, 6) is -1.58. The Morgan fingerprint density at radius 3 is 0.664 bits per heavy atom. The van der Waals surface area contributed by atoms with Gasteiger partial charge in [0.2, 0.25) is 0 Å². The first-order valence-electron chi connectivity index (χ1n) is 48.1. The lowest BCUT2D eigenvalue weighted by atomic mass is 10.0. The molecule has 0 aliphatic rings. The summed E-state index contributed by atoms with van der Waals surface area (Å²) in [6.45, 7) is 2.64. The maximum atomic E-state index is 13.1. The first-order chi connectivity index (χ1) is 58.2. The molecular formula is C101H176O16P2. The van der Waals surface area contributed by atoms with Crippen molar-refractivity contribution in [3.05, 3.63) is 146 Å². The number of phosphoric ester groups is 2. The zero-order valence-corrected chi connectivity index (χ0v) is 77.5. The third kappa shape index (κ3) is 94.0. The zero-order chi connectivity index (χ0) is 86.5. The summed E-state index contributed by atoms with van der Waals surface area (Å²) in [4.78, 5) is 59.1. The minimum atomic E-state index is -4.95. The molecule has 16 nitrogen and oxygen atoms in total. The lowest BCUT2D eigenvalue weighted by Gasteiger charge is -2.21. The van der Waals surface area contributed by atoms with E-state index in [0.29, 0.717) is 19.3 Å². The van der Waals surface area contributed by atoms with Crippen LogP contribution >= 0.6 is 15.6 Å². The molecule has 0 fully saturated rings. The first kappa shape index (κ1) is 114. The van der Waals surface area contributed by atoms with Gasteiger partial charge >= 0.3 is 33.6 Å². The Labute approximate surface area is 728 Å². The monoisotopic (exact) mass is 1710 g/mol. The summed E-state index contributed by atoms with van der Waals surface area (Å²) < 4.78 is 61.5. The second kappa shape index (κ2) is 92.6. The van der Waals surface area contributed by atoms with Crippen LogP contribution in [0.1, 0.15) is 419 Å². The summed E-state index contributed by atoms with van der Waals surface area (Å²) in [5.41, 5.74) is 0. The average molecular weight is 1710 g/mol. The lowest BCUT2D eigenvalue weighted by Crippen LogP contribution is -2.30. The lowest BCUT2D eigenvalue weighted by molar-refractivity contribution is -0.161. The van der Waals surface area contributed by atoms with E-state index >= 15 is 0 Å². The van der Waals surface area contributed by atoms with E-state index in [0.717, 1.165) is 135 Å². The van der Waals surface area contributed by atoms with Crippen molar-refractivity contribution in [3.63, 3.8) is 0 Å². The number of aliphatic hydroxyl groups excluding tert-OH is 2. The van der Waals surface area contributed by atoms with E-state index in [1.54, 1.807) is 0 Å². The van der Waals surface area contributed by atoms with E-state index in [2.05, 4.69) is 167 Å². The Balaban J connectivity index is 4.58. The molecule has 686 valence electrons. The van der Waals surface area contributed by atoms with Gasteiger partial charge < -0.3 is 34.2 Å². The van der Waals surface area contributed by atoms with Crippen molar-refractivity contribution in [2.45, 2.75) is 437 Å². The third-order valence-corrected chi connectivity index (χ3v) is 22.4. The maximum absolute atomic E-state index is 13.1. The fourth-order valence-electron chi connectivity index (χ4n) is 13.2. The molecule has 0 spiro atoms. The summed E-state index contributed by atoms with van der Waals surface area (Å²) >= 11 is 0. The summed E-state index contributed by atoms with van der Waals surface area (Å²) in [6.07, 6.45) is 118. The number of carbonyl (C=O) groups excluding carboxylic acids is 3. The molecule has 0 aromatic heterocycles. The predicted molar refractivity (Wildman–Crippen MR) is 500 cm³/mol. The van der Waals surface area contributed by atoms with Crippen LogP contribution in [-0.4, -0.2) is 95.9 Å². The predicted octanol–water partition coefficient (Wildman–Crippen LogP) is 29.9. The molecule has 5 unspecified atom stereocenters. The second-order valence-electron chi connectivity index (χ2n) is 32.2. The Morgan fingerprint density at radius 2 is 0.420 bits per heavy atom. The number of phosphoric acid groups is 2. The topological polar surface area (TPSA) is 231 Å². The van der Waals surface area contributed by atoms with Gasteiger partial charge in [0.1, 0.15) is 25.4 Å². The number of rotatable bonds is 91. The number of allylic oxidation sites excluding steroid dienone is 24. The van der Waals surface area contributed by atoms with E-state index in [4.69, 9.17) is 32.3 Å². The van der Waals surface area contributed by atoms with Gasteiger partial charge in [0.15, 0.2) is 6.10 Å². The quantitative estimate of drug-likeness (QED) is 0.0146. The number of esters is 3. The zero-order valence-electron chi connectivity index (χ0n) is 75.8. The Bertz CT molecular complexity index is 2740. The highest BCUT2D eigenvalue weighted by atomic mass is 31.2. The first-order valence-corrected chi connectivity index (χ1v) is 51.1. The third-order valence-electron chi connectivity index (χ3n) is 20.5. The number of hydrogen-bond donors (Lipinski definition) is 4. The van der Waals surface area contributed by atoms with Crippen molar-refractivity contribution in [2.24, 2.45) is 0 Å². The van der Waals surface area contributed by atoms with Gasteiger partial charge in [-0.3, -0.25) is 32.5 Å². The van der Waals surface area contributed by atoms with Crippen LogP contribution in [0.15, 0.2) is 146 Å². The normalized spacial score (nSPS) is 14.4.